The summed E-state index contributed by atoms with van der Waals surface area (Å²) in [6, 6.07) is 14.3. The van der Waals surface area contributed by atoms with Crippen LogP contribution in [0.4, 0.5) is 5.69 Å². The van der Waals surface area contributed by atoms with E-state index < -0.39 is 0 Å². The third-order valence-electron chi connectivity index (χ3n) is 5.70. The van der Waals surface area contributed by atoms with Crippen LogP contribution in [0.1, 0.15) is 72.0 Å². The van der Waals surface area contributed by atoms with Crippen LogP contribution in [0.5, 0.6) is 0 Å². The van der Waals surface area contributed by atoms with Gasteiger partial charge in [-0.2, -0.15) is 0 Å². The lowest BCUT2D eigenvalue weighted by Crippen LogP contribution is -2.14. The van der Waals surface area contributed by atoms with E-state index >= 15 is 0 Å². The van der Waals surface area contributed by atoms with Gasteiger partial charge in [0.1, 0.15) is 0 Å². The monoisotopic (exact) mass is 335 g/mol. The second-order valence-corrected chi connectivity index (χ2v) is 7.52. The van der Waals surface area contributed by atoms with Crippen molar-refractivity contribution in [2.45, 2.75) is 58.8 Å². The Morgan fingerprint density at radius 2 is 1.68 bits per heavy atom. The summed E-state index contributed by atoms with van der Waals surface area (Å²) in [4.78, 5) is 12.5. The molecule has 2 heteroatoms. The van der Waals surface area contributed by atoms with Gasteiger partial charge in [0.05, 0.1) is 0 Å². The molecular formula is C23H29NO. The highest BCUT2D eigenvalue weighted by Crippen LogP contribution is 2.36. The Balaban J connectivity index is 1.64. The fraction of sp³-hybridized carbons (Fsp3) is 0.435. The van der Waals surface area contributed by atoms with Crippen molar-refractivity contribution in [2.24, 2.45) is 5.92 Å². The molecule has 1 aliphatic carbocycles. The zero-order valence-electron chi connectivity index (χ0n) is 15.6. The van der Waals surface area contributed by atoms with E-state index in [0.29, 0.717) is 5.92 Å². The van der Waals surface area contributed by atoms with Crippen LogP contribution < -0.4 is 5.32 Å². The molecule has 3 rings (SSSR count). The molecular weight excluding hydrogens is 306 g/mol. The zero-order valence-corrected chi connectivity index (χ0v) is 15.6. The Labute approximate surface area is 151 Å². The Morgan fingerprint density at radius 3 is 2.28 bits per heavy atom. The first kappa shape index (κ1) is 17.7. The predicted octanol–water partition coefficient (Wildman–Crippen LogP) is 6.24. The summed E-state index contributed by atoms with van der Waals surface area (Å²) in [5.74, 6) is 1.55. The molecule has 0 unspecified atom stereocenters. The fourth-order valence-electron chi connectivity index (χ4n) is 3.96. The van der Waals surface area contributed by atoms with Crippen molar-refractivity contribution in [3.63, 3.8) is 0 Å². The Bertz CT molecular complexity index is 724. The molecule has 2 aromatic rings. The number of benzene rings is 2. The van der Waals surface area contributed by atoms with Crippen molar-refractivity contribution < 1.29 is 4.79 Å². The predicted molar refractivity (Wildman–Crippen MR) is 105 cm³/mol. The molecule has 0 spiro atoms. The van der Waals surface area contributed by atoms with Crippen molar-refractivity contribution in [3.05, 3.63) is 64.7 Å². The standard InChI is InChI=1S/C23H29NO/c1-4-18-6-8-19(9-7-18)20-10-12-21(13-11-20)23(25)24-22-14-5-16(2)15-17(22)3/h5,10-15,18-19H,4,6-9H2,1-3H3,(H,24,25). The van der Waals surface area contributed by atoms with Gasteiger partial charge in [0.25, 0.3) is 5.91 Å². The molecule has 132 valence electrons. The molecule has 0 bridgehead atoms. The molecule has 1 fully saturated rings. The van der Waals surface area contributed by atoms with E-state index in [1.54, 1.807) is 0 Å². The van der Waals surface area contributed by atoms with Crippen LogP contribution in [0.25, 0.3) is 0 Å². The van der Waals surface area contributed by atoms with Gasteiger partial charge in [0.2, 0.25) is 0 Å². The first-order valence-corrected chi connectivity index (χ1v) is 9.55. The van der Waals surface area contributed by atoms with Crippen molar-refractivity contribution in [2.75, 3.05) is 5.32 Å². The van der Waals surface area contributed by atoms with Crippen molar-refractivity contribution >= 4 is 11.6 Å². The molecule has 0 saturated heterocycles. The third kappa shape index (κ3) is 4.31. The van der Waals surface area contributed by atoms with Gasteiger partial charge in [-0.1, -0.05) is 43.2 Å². The van der Waals surface area contributed by atoms with Crippen LogP contribution in [0.2, 0.25) is 0 Å². The number of amides is 1. The first-order chi connectivity index (χ1) is 12.1. The normalized spacial score (nSPS) is 20.3. The second kappa shape index (κ2) is 7.86. The smallest absolute Gasteiger partial charge is 0.255 e. The SMILES string of the molecule is CCC1CCC(c2ccc(C(=O)Nc3ccc(C)cc3C)cc2)CC1. The van der Waals surface area contributed by atoms with E-state index in [9.17, 15) is 4.79 Å². The summed E-state index contributed by atoms with van der Waals surface area (Å²) in [6.45, 7) is 6.39. The van der Waals surface area contributed by atoms with Crippen LogP contribution in [-0.2, 0) is 0 Å². The summed E-state index contributed by atoms with van der Waals surface area (Å²) in [6.07, 6.45) is 6.57. The van der Waals surface area contributed by atoms with E-state index in [2.05, 4.69) is 37.4 Å². The van der Waals surface area contributed by atoms with Crippen LogP contribution in [0.15, 0.2) is 42.5 Å². The lowest BCUT2D eigenvalue weighted by molar-refractivity contribution is 0.102. The minimum atomic E-state index is -0.0341. The Kier molecular flexibility index (Phi) is 5.57. The lowest BCUT2D eigenvalue weighted by Gasteiger charge is -2.28. The quantitative estimate of drug-likeness (QED) is 0.704. The van der Waals surface area contributed by atoms with Gasteiger partial charge in [-0.25, -0.2) is 0 Å². The molecule has 0 radical (unpaired) electrons. The highest BCUT2D eigenvalue weighted by Gasteiger charge is 2.21. The highest BCUT2D eigenvalue weighted by molar-refractivity contribution is 6.04. The molecule has 0 aromatic heterocycles. The van der Waals surface area contributed by atoms with E-state index in [4.69, 9.17) is 0 Å². The van der Waals surface area contributed by atoms with Crippen molar-refractivity contribution in [1.82, 2.24) is 0 Å². The number of nitrogens with one attached hydrogen (secondary N) is 1. The molecule has 0 aliphatic heterocycles. The third-order valence-corrected chi connectivity index (χ3v) is 5.70. The number of hydrogen-bond acceptors (Lipinski definition) is 1. The van der Waals surface area contributed by atoms with Gasteiger partial charge < -0.3 is 5.32 Å². The van der Waals surface area contributed by atoms with Crippen molar-refractivity contribution in [1.29, 1.82) is 0 Å². The maximum absolute atomic E-state index is 12.5. The maximum Gasteiger partial charge on any atom is 0.255 e. The topological polar surface area (TPSA) is 29.1 Å². The number of anilines is 1. The average molecular weight is 335 g/mol. The summed E-state index contributed by atoms with van der Waals surface area (Å²) in [7, 11) is 0. The molecule has 2 nitrogen and oxygen atoms in total. The van der Waals surface area contributed by atoms with Gasteiger partial charge in [-0.05, 0) is 80.7 Å². The van der Waals surface area contributed by atoms with Gasteiger partial charge >= 0.3 is 0 Å². The van der Waals surface area contributed by atoms with Crippen LogP contribution in [0.3, 0.4) is 0 Å². The molecule has 1 N–H and O–H groups in total. The number of carbonyl (C=O) groups is 1. The minimum Gasteiger partial charge on any atom is -0.322 e. The molecule has 0 atom stereocenters. The summed E-state index contributed by atoms with van der Waals surface area (Å²) in [5.41, 5.74) is 5.30. The minimum absolute atomic E-state index is 0.0341. The number of aryl methyl sites for hydroxylation is 2. The van der Waals surface area contributed by atoms with Crippen LogP contribution >= 0.6 is 0 Å². The Hall–Kier alpha value is -2.09. The summed E-state index contributed by atoms with van der Waals surface area (Å²) >= 11 is 0. The molecule has 2 aromatic carbocycles. The summed E-state index contributed by atoms with van der Waals surface area (Å²) < 4.78 is 0. The molecule has 0 heterocycles. The van der Waals surface area contributed by atoms with Gasteiger partial charge in [-0.3, -0.25) is 4.79 Å². The average Bonchev–Trinajstić information content (AvgIpc) is 2.64. The van der Waals surface area contributed by atoms with Crippen LogP contribution in [-0.4, -0.2) is 5.91 Å². The fourth-order valence-corrected chi connectivity index (χ4v) is 3.96. The van der Waals surface area contributed by atoms with E-state index in [1.165, 1.54) is 43.2 Å². The van der Waals surface area contributed by atoms with Gasteiger partial charge in [0.15, 0.2) is 0 Å². The Morgan fingerprint density at radius 1 is 1.00 bits per heavy atom. The van der Waals surface area contributed by atoms with Gasteiger partial charge in [-0.15, -0.1) is 0 Å². The van der Waals surface area contributed by atoms with E-state index in [0.717, 1.165) is 22.7 Å². The largest absolute Gasteiger partial charge is 0.322 e. The highest BCUT2D eigenvalue weighted by atomic mass is 16.1. The van der Waals surface area contributed by atoms with E-state index in [-0.39, 0.29) is 5.91 Å². The summed E-state index contributed by atoms with van der Waals surface area (Å²) in [5, 5.41) is 3.03. The number of rotatable bonds is 4. The van der Waals surface area contributed by atoms with Crippen LogP contribution in [0, 0.1) is 19.8 Å². The number of carbonyl (C=O) groups excluding carboxylic acids is 1. The van der Waals surface area contributed by atoms with E-state index in [1.807, 2.05) is 31.2 Å². The lowest BCUT2D eigenvalue weighted by atomic mass is 9.78. The van der Waals surface area contributed by atoms with Gasteiger partial charge in [0, 0.05) is 11.3 Å². The van der Waals surface area contributed by atoms with Crippen molar-refractivity contribution in [3.8, 4) is 0 Å². The molecule has 1 saturated carbocycles. The maximum atomic E-state index is 12.5. The number of hydrogen-bond donors (Lipinski definition) is 1. The molecule has 1 aliphatic rings. The molecule has 1 amide bonds. The second-order valence-electron chi connectivity index (χ2n) is 7.52. The zero-order chi connectivity index (χ0) is 17.8. The molecule has 25 heavy (non-hydrogen) atoms. The first-order valence-electron chi connectivity index (χ1n) is 9.55.